The highest BCUT2D eigenvalue weighted by Gasteiger charge is 2.38. The van der Waals surface area contributed by atoms with Gasteiger partial charge in [-0.15, -0.1) is 10.2 Å². The van der Waals surface area contributed by atoms with Crippen LogP contribution < -0.4 is 10.1 Å². The quantitative estimate of drug-likeness (QED) is 0.671. The number of aromatic nitrogens is 3. The number of anilines is 1. The SMILES string of the molecule is C=S(=O)(CC1CCCCC1)C(C)(C)C(=O)Nc1nnc(-c2ccc(OC)cc2)[nH]1. The van der Waals surface area contributed by atoms with Gasteiger partial charge in [0.25, 0.3) is 0 Å². The van der Waals surface area contributed by atoms with Gasteiger partial charge >= 0.3 is 0 Å². The molecule has 8 heteroatoms. The first-order chi connectivity index (χ1) is 13.7. The Kier molecular flexibility index (Phi) is 6.31. The van der Waals surface area contributed by atoms with Gasteiger partial charge in [-0.1, -0.05) is 19.3 Å². The zero-order chi connectivity index (χ0) is 21.1. The van der Waals surface area contributed by atoms with Gasteiger partial charge in [-0.05, 0) is 72.3 Å². The molecular formula is C21H30N4O3S. The van der Waals surface area contributed by atoms with Gasteiger partial charge in [0.2, 0.25) is 11.9 Å². The van der Waals surface area contributed by atoms with Crippen LogP contribution in [0.5, 0.6) is 5.75 Å². The third kappa shape index (κ3) is 4.80. The van der Waals surface area contributed by atoms with E-state index in [9.17, 15) is 9.00 Å². The van der Waals surface area contributed by atoms with Crippen molar-refractivity contribution in [3.63, 3.8) is 0 Å². The minimum absolute atomic E-state index is 0.224. The lowest BCUT2D eigenvalue weighted by Gasteiger charge is -2.31. The number of nitrogens with zero attached hydrogens (tertiary/aromatic N) is 2. The second-order valence-corrected chi connectivity index (χ2v) is 11.2. The Bertz CT molecular complexity index is 943. The highest BCUT2D eigenvalue weighted by atomic mass is 32.2. The Morgan fingerprint density at radius 3 is 2.52 bits per heavy atom. The van der Waals surface area contributed by atoms with Crippen molar-refractivity contribution in [2.45, 2.75) is 50.7 Å². The van der Waals surface area contributed by atoms with Crippen molar-refractivity contribution in [2.24, 2.45) is 5.92 Å². The smallest absolute Gasteiger partial charge is 0.244 e. The molecule has 0 bridgehead atoms. The van der Waals surface area contributed by atoms with Gasteiger partial charge in [0.1, 0.15) is 10.5 Å². The first-order valence-corrected chi connectivity index (χ1v) is 11.9. The number of H-pyrrole nitrogens is 1. The summed E-state index contributed by atoms with van der Waals surface area (Å²) in [5, 5.41) is 10.8. The number of amides is 1. The molecule has 2 aromatic rings. The van der Waals surface area contributed by atoms with E-state index in [-0.39, 0.29) is 11.9 Å². The van der Waals surface area contributed by atoms with E-state index in [0.717, 1.165) is 24.2 Å². The Morgan fingerprint density at radius 1 is 1.24 bits per heavy atom. The third-order valence-corrected chi connectivity index (χ3v) is 8.84. The Morgan fingerprint density at radius 2 is 1.90 bits per heavy atom. The number of hydrogen-bond acceptors (Lipinski definition) is 5. The summed E-state index contributed by atoms with van der Waals surface area (Å²) < 4.78 is 17.4. The minimum Gasteiger partial charge on any atom is -0.497 e. The summed E-state index contributed by atoms with van der Waals surface area (Å²) in [5.41, 5.74) is 0.816. The number of ether oxygens (including phenoxy) is 1. The molecule has 1 fully saturated rings. The molecule has 7 nitrogen and oxygen atoms in total. The van der Waals surface area contributed by atoms with Gasteiger partial charge in [-0.25, -0.2) is 0 Å². The van der Waals surface area contributed by atoms with Crippen LogP contribution in [0.3, 0.4) is 0 Å². The van der Waals surface area contributed by atoms with Gasteiger partial charge in [-0.2, -0.15) is 0 Å². The zero-order valence-electron chi connectivity index (χ0n) is 17.4. The van der Waals surface area contributed by atoms with Crippen molar-refractivity contribution < 1.29 is 13.7 Å². The number of methoxy groups -OCH3 is 1. The van der Waals surface area contributed by atoms with Crippen LogP contribution in [0.25, 0.3) is 11.4 Å². The molecule has 1 saturated carbocycles. The van der Waals surface area contributed by atoms with E-state index in [1.54, 1.807) is 21.0 Å². The van der Waals surface area contributed by atoms with Crippen LogP contribution in [0, 0.1) is 5.92 Å². The van der Waals surface area contributed by atoms with Gasteiger partial charge in [-0.3, -0.25) is 14.3 Å². The molecule has 1 aliphatic carbocycles. The molecule has 0 aliphatic heterocycles. The predicted molar refractivity (Wildman–Crippen MR) is 118 cm³/mol. The van der Waals surface area contributed by atoms with Crippen molar-refractivity contribution >= 4 is 27.2 Å². The van der Waals surface area contributed by atoms with E-state index in [1.165, 1.54) is 19.3 Å². The Balaban J connectivity index is 1.69. The summed E-state index contributed by atoms with van der Waals surface area (Å²) in [4.78, 5) is 15.9. The number of carbonyl (C=O) groups is 1. The number of rotatable bonds is 7. The van der Waals surface area contributed by atoms with Crippen molar-refractivity contribution in [3.05, 3.63) is 24.3 Å². The lowest BCUT2D eigenvalue weighted by molar-refractivity contribution is -0.117. The summed E-state index contributed by atoms with van der Waals surface area (Å²) in [5.74, 6) is 5.97. The summed E-state index contributed by atoms with van der Waals surface area (Å²) in [7, 11) is -1.01. The second-order valence-electron chi connectivity index (χ2n) is 8.20. The van der Waals surface area contributed by atoms with Crippen LogP contribution in [0.15, 0.2) is 24.3 Å². The molecular weight excluding hydrogens is 388 g/mol. The normalized spacial score (nSPS) is 17.5. The van der Waals surface area contributed by atoms with Gasteiger partial charge in [0, 0.05) is 11.3 Å². The van der Waals surface area contributed by atoms with E-state index in [2.05, 4.69) is 26.4 Å². The van der Waals surface area contributed by atoms with Gasteiger partial charge in [0.15, 0.2) is 5.82 Å². The van der Waals surface area contributed by atoms with E-state index in [1.807, 2.05) is 24.3 Å². The third-order valence-electron chi connectivity index (χ3n) is 5.79. The Labute approximate surface area is 172 Å². The monoisotopic (exact) mass is 418 g/mol. The van der Waals surface area contributed by atoms with E-state index in [0.29, 0.717) is 17.5 Å². The lowest BCUT2D eigenvalue weighted by atomic mass is 9.91. The van der Waals surface area contributed by atoms with Crippen LogP contribution in [0.1, 0.15) is 46.0 Å². The number of aromatic amines is 1. The van der Waals surface area contributed by atoms with Crippen molar-refractivity contribution in [2.75, 3.05) is 18.2 Å². The van der Waals surface area contributed by atoms with Crippen molar-refractivity contribution in [3.8, 4) is 17.1 Å². The lowest BCUT2D eigenvalue weighted by Crippen LogP contribution is -2.46. The molecule has 3 rings (SSSR count). The topological polar surface area (TPSA) is 97.0 Å². The summed E-state index contributed by atoms with van der Waals surface area (Å²) >= 11 is 0. The average Bonchev–Trinajstić information content (AvgIpc) is 3.16. The molecule has 1 amide bonds. The number of nitrogens with one attached hydrogen (secondary N) is 2. The average molecular weight is 419 g/mol. The highest BCUT2D eigenvalue weighted by molar-refractivity contribution is 8.02. The van der Waals surface area contributed by atoms with E-state index >= 15 is 0 Å². The maximum absolute atomic E-state index is 13.4. The van der Waals surface area contributed by atoms with Crippen LogP contribution >= 0.6 is 0 Å². The minimum atomic E-state index is -2.62. The zero-order valence-corrected chi connectivity index (χ0v) is 18.2. The van der Waals surface area contributed by atoms with Crippen LogP contribution in [-0.4, -0.2) is 48.8 Å². The van der Waals surface area contributed by atoms with Gasteiger partial charge in [0.05, 0.1) is 7.11 Å². The molecule has 1 aromatic carbocycles. The number of benzene rings is 1. The van der Waals surface area contributed by atoms with E-state index in [4.69, 9.17) is 4.74 Å². The number of carbonyl (C=O) groups excluding carboxylic acids is 1. The first kappa shape index (κ1) is 21.4. The maximum atomic E-state index is 13.4. The molecule has 1 unspecified atom stereocenters. The molecule has 158 valence electrons. The standard InChI is InChI=1S/C21H30N4O3S/c1-21(2,29(4,27)14-15-8-6-5-7-9-15)19(26)23-20-22-18(24-25-20)16-10-12-17(28-3)13-11-16/h10-13,15H,4-9,14H2,1-3H3,(H2,22,23,24,25,26). The molecule has 0 spiro atoms. The van der Waals surface area contributed by atoms with Crippen molar-refractivity contribution in [1.29, 1.82) is 0 Å². The fourth-order valence-electron chi connectivity index (χ4n) is 3.57. The summed E-state index contributed by atoms with van der Waals surface area (Å²) in [6.45, 7) is 3.39. The molecule has 1 heterocycles. The maximum Gasteiger partial charge on any atom is 0.244 e. The van der Waals surface area contributed by atoms with Crippen molar-refractivity contribution in [1.82, 2.24) is 15.2 Å². The van der Waals surface area contributed by atoms with E-state index < -0.39 is 14.3 Å². The van der Waals surface area contributed by atoms with Gasteiger partial charge < -0.3 is 9.72 Å². The molecule has 1 atom stereocenters. The molecule has 29 heavy (non-hydrogen) atoms. The van der Waals surface area contributed by atoms with Crippen LogP contribution in [-0.2, 0) is 14.3 Å². The fraction of sp³-hybridized carbons (Fsp3) is 0.524. The summed E-state index contributed by atoms with van der Waals surface area (Å²) in [6, 6.07) is 7.34. The highest BCUT2D eigenvalue weighted by Crippen LogP contribution is 2.29. The molecule has 1 aromatic heterocycles. The second kappa shape index (κ2) is 8.57. The predicted octanol–water partition coefficient (Wildman–Crippen LogP) is 3.49. The molecule has 1 aliphatic rings. The molecule has 2 N–H and O–H groups in total. The number of hydrogen-bond donors (Lipinski definition) is 2. The molecule has 0 saturated heterocycles. The fourth-order valence-corrected chi connectivity index (χ4v) is 5.47. The largest absolute Gasteiger partial charge is 0.497 e. The summed E-state index contributed by atoms with van der Waals surface area (Å²) in [6.07, 6.45) is 5.70. The first-order valence-electron chi connectivity index (χ1n) is 9.96. The Hall–Kier alpha value is -2.35. The van der Waals surface area contributed by atoms with Crippen LogP contribution in [0.4, 0.5) is 5.95 Å². The van der Waals surface area contributed by atoms with Crippen LogP contribution in [0.2, 0.25) is 0 Å². The molecule has 0 radical (unpaired) electrons.